The normalized spacial score (nSPS) is 13.9. The van der Waals surface area contributed by atoms with Gasteiger partial charge in [-0.15, -0.1) is 0 Å². The van der Waals surface area contributed by atoms with Crippen molar-refractivity contribution >= 4 is 41.3 Å². The maximum atomic E-state index is 9.75. The lowest BCUT2D eigenvalue weighted by atomic mass is 9.96. The van der Waals surface area contributed by atoms with Gasteiger partial charge in [-0.1, -0.05) is 115 Å². The number of benzene rings is 5. The third kappa shape index (κ3) is 4.95. The van der Waals surface area contributed by atoms with E-state index < -0.39 is 14.5 Å². The van der Waals surface area contributed by atoms with Crippen LogP contribution in [-0.2, 0) is 0 Å². The van der Waals surface area contributed by atoms with E-state index in [9.17, 15) is 17.3 Å². The zero-order valence-corrected chi connectivity index (χ0v) is 21.3. The summed E-state index contributed by atoms with van der Waals surface area (Å²) < 4.78 is 39.0. The Balaban J connectivity index is 0.000000540. The lowest BCUT2D eigenvalue weighted by Crippen LogP contribution is -2.30. The van der Waals surface area contributed by atoms with Gasteiger partial charge in [0.05, 0.1) is 0 Å². The van der Waals surface area contributed by atoms with Gasteiger partial charge in [0, 0.05) is 16.7 Å². The molecule has 0 atom stereocenters. The van der Waals surface area contributed by atoms with Gasteiger partial charge in [0.25, 0.3) is 0 Å². The van der Waals surface area contributed by atoms with Crippen LogP contribution in [0.1, 0.15) is 16.7 Å². The van der Waals surface area contributed by atoms with Crippen molar-refractivity contribution in [2.75, 3.05) is 0 Å². The molecular formula is C32H24BF4P. The Labute approximate surface area is 220 Å². The molecule has 5 aromatic carbocycles. The predicted molar refractivity (Wildman–Crippen MR) is 154 cm³/mol. The second kappa shape index (κ2) is 10.8. The smallest absolute Gasteiger partial charge is 0.418 e. The monoisotopic (exact) mass is 526 g/mol. The highest BCUT2D eigenvalue weighted by Gasteiger charge is 2.57. The van der Waals surface area contributed by atoms with Gasteiger partial charge in [-0.3, -0.25) is 0 Å². The lowest BCUT2D eigenvalue weighted by molar-refractivity contribution is 0.368. The summed E-state index contributed by atoms with van der Waals surface area (Å²) in [7, 11) is -8.12. The minimum Gasteiger partial charge on any atom is -0.418 e. The first-order valence-electron chi connectivity index (χ1n) is 12.2. The van der Waals surface area contributed by atoms with Crippen molar-refractivity contribution in [2.45, 2.75) is 0 Å². The average Bonchev–Trinajstić information content (AvgIpc) is 3.26. The number of halogens is 4. The van der Waals surface area contributed by atoms with E-state index in [4.69, 9.17) is 0 Å². The van der Waals surface area contributed by atoms with E-state index in [0.717, 1.165) is 0 Å². The zero-order valence-electron chi connectivity index (χ0n) is 20.4. The summed E-state index contributed by atoms with van der Waals surface area (Å²) in [5.41, 5.74) is 5.29. The van der Waals surface area contributed by atoms with Gasteiger partial charge in [0.1, 0.15) is 28.5 Å². The lowest BCUT2D eigenvalue weighted by Gasteiger charge is -2.27. The fourth-order valence-electron chi connectivity index (χ4n) is 5.21. The molecule has 0 saturated heterocycles. The van der Waals surface area contributed by atoms with Gasteiger partial charge in [-0.2, -0.15) is 0 Å². The van der Waals surface area contributed by atoms with Crippen molar-refractivity contribution in [3.63, 3.8) is 0 Å². The third-order valence-electron chi connectivity index (χ3n) is 6.50. The molecular weight excluding hydrogens is 502 g/mol. The number of fused-ring (bicyclic) bond motifs is 1. The zero-order chi connectivity index (χ0) is 26.6. The van der Waals surface area contributed by atoms with Crippen LogP contribution in [0.25, 0.3) is 10.9 Å². The Morgan fingerprint density at radius 1 is 0.421 bits per heavy atom. The topological polar surface area (TPSA) is 0 Å². The Bertz CT molecular complexity index is 1490. The molecule has 0 spiro atoms. The Kier molecular flexibility index (Phi) is 7.31. The second-order valence-corrected chi connectivity index (χ2v) is 12.1. The predicted octanol–water partition coefficient (Wildman–Crippen LogP) is 8.21. The van der Waals surface area contributed by atoms with E-state index in [1.54, 1.807) is 0 Å². The largest absolute Gasteiger partial charge is 0.673 e. The van der Waals surface area contributed by atoms with Crippen molar-refractivity contribution in [1.82, 2.24) is 0 Å². The molecule has 0 saturated carbocycles. The Morgan fingerprint density at radius 2 is 0.789 bits per heavy atom. The summed E-state index contributed by atoms with van der Waals surface area (Å²) in [4.78, 5) is 0. The molecule has 0 aromatic heterocycles. The first-order valence-corrected chi connectivity index (χ1v) is 14.0. The van der Waals surface area contributed by atoms with Crippen LogP contribution in [0.5, 0.6) is 0 Å². The van der Waals surface area contributed by atoms with Crippen LogP contribution >= 0.6 is 7.26 Å². The van der Waals surface area contributed by atoms with Crippen molar-refractivity contribution in [3.8, 4) is 0 Å². The molecule has 6 rings (SSSR count). The van der Waals surface area contributed by atoms with Gasteiger partial charge in [-0.25, -0.2) is 0 Å². The van der Waals surface area contributed by atoms with E-state index in [-0.39, 0.29) is 0 Å². The highest BCUT2D eigenvalue weighted by molar-refractivity contribution is 8.04. The molecule has 0 aliphatic carbocycles. The quantitative estimate of drug-likeness (QED) is 0.126. The fraction of sp³-hybridized carbons (Fsp3) is 0. The van der Waals surface area contributed by atoms with Crippen LogP contribution in [0.15, 0.2) is 146 Å². The molecule has 38 heavy (non-hydrogen) atoms. The highest BCUT2D eigenvalue weighted by Crippen LogP contribution is 2.72. The average molecular weight is 526 g/mol. The molecule has 0 bridgehead atoms. The van der Waals surface area contributed by atoms with Crippen LogP contribution < -0.4 is 15.9 Å². The minimum atomic E-state index is -6.00. The molecule has 5 aromatic rings. The summed E-state index contributed by atoms with van der Waals surface area (Å²) in [6.45, 7) is 0. The van der Waals surface area contributed by atoms with Crippen molar-refractivity contribution < 1.29 is 17.3 Å². The van der Waals surface area contributed by atoms with Crippen molar-refractivity contribution in [2.24, 2.45) is 0 Å². The molecule has 0 amide bonds. The van der Waals surface area contributed by atoms with Crippen molar-refractivity contribution in [3.05, 3.63) is 162 Å². The van der Waals surface area contributed by atoms with Gasteiger partial charge >= 0.3 is 7.25 Å². The summed E-state index contributed by atoms with van der Waals surface area (Å²) in [6.07, 6.45) is 0. The van der Waals surface area contributed by atoms with Gasteiger partial charge in [0.15, 0.2) is 0 Å². The maximum Gasteiger partial charge on any atom is 0.673 e. The molecule has 0 fully saturated rings. The first kappa shape index (κ1) is 25.7. The molecule has 0 unspecified atom stereocenters. The number of rotatable bonds is 4. The van der Waals surface area contributed by atoms with E-state index in [0.29, 0.717) is 0 Å². The highest BCUT2D eigenvalue weighted by atomic mass is 31.2. The van der Waals surface area contributed by atoms with Gasteiger partial charge in [-0.05, 0) is 35.9 Å². The van der Waals surface area contributed by atoms with Crippen LogP contribution in [0.2, 0.25) is 0 Å². The Hall–Kier alpha value is -3.95. The first-order chi connectivity index (χ1) is 18.4. The maximum absolute atomic E-state index is 9.75. The summed E-state index contributed by atoms with van der Waals surface area (Å²) in [5, 5.41) is 5.69. The number of hydrogen-bond donors (Lipinski definition) is 0. The van der Waals surface area contributed by atoms with Crippen LogP contribution in [0, 0.1) is 0 Å². The summed E-state index contributed by atoms with van der Waals surface area (Å²) in [5.74, 6) is 0. The van der Waals surface area contributed by atoms with E-state index in [1.807, 2.05) is 0 Å². The molecule has 1 aliphatic heterocycles. The second-order valence-electron chi connectivity index (χ2n) is 8.81. The molecule has 1 aliphatic rings. The van der Waals surface area contributed by atoms with E-state index in [2.05, 4.69) is 146 Å². The van der Waals surface area contributed by atoms with E-state index >= 15 is 0 Å². The van der Waals surface area contributed by atoms with E-state index in [1.165, 1.54) is 43.5 Å². The summed E-state index contributed by atoms with van der Waals surface area (Å²) in [6, 6.07) is 53.3. The number of hydrogen-bond acceptors (Lipinski definition) is 0. The standard InChI is InChI=1S/C32H24P.BF4/c1-5-15-25(16-6-1)31-29-23-13-14-24-30(29)33(27-19-9-3-10-20-27,28-21-11-4-12-22-28)32(31)26-17-7-2-8-18-26;2-1(3,4)5/h1-24H;/q+1;-1. The third-order valence-corrected chi connectivity index (χ3v) is 10.9. The van der Waals surface area contributed by atoms with Gasteiger partial charge < -0.3 is 17.3 Å². The SMILES string of the molecule is F[B-](F)(F)F.c1ccc(C2=C(c3ccccc3)[P+](c3ccccc3)(c3ccccc3)c3ccccc32)cc1. The molecule has 0 N–H and O–H groups in total. The summed E-state index contributed by atoms with van der Waals surface area (Å²) >= 11 is 0. The minimum absolute atomic E-state index is 1.28. The molecule has 0 radical (unpaired) electrons. The molecule has 1 heterocycles. The molecule has 188 valence electrons. The van der Waals surface area contributed by atoms with Gasteiger partial charge in [0.2, 0.25) is 0 Å². The molecule has 0 nitrogen and oxygen atoms in total. The van der Waals surface area contributed by atoms with Crippen molar-refractivity contribution in [1.29, 1.82) is 0 Å². The Morgan fingerprint density at radius 3 is 1.26 bits per heavy atom. The fourth-order valence-corrected chi connectivity index (χ4v) is 10.0. The van der Waals surface area contributed by atoms with Crippen LogP contribution in [-0.4, -0.2) is 7.25 Å². The molecule has 6 heteroatoms. The van der Waals surface area contributed by atoms with Crippen LogP contribution in [0.3, 0.4) is 0 Å². The van der Waals surface area contributed by atoms with Crippen LogP contribution in [0.4, 0.5) is 17.3 Å².